The molecule has 1 fully saturated rings. The van der Waals surface area contributed by atoms with E-state index < -0.39 is 0 Å². The van der Waals surface area contributed by atoms with E-state index in [1.165, 1.54) is 0 Å². The first-order valence-corrected chi connectivity index (χ1v) is 10.8. The Hall–Kier alpha value is -2.84. The molecule has 0 unspecified atom stereocenters. The van der Waals surface area contributed by atoms with E-state index in [2.05, 4.69) is 10.6 Å². The fourth-order valence-electron chi connectivity index (χ4n) is 3.54. The molecule has 31 heavy (non-hydrogen) atoms. The predicted octanol–water partition coefficient (Wildman–Crippen LogP) is 2.43. The molecule has 1 aromatic carbocycles. The Kier molecular flexibility index (Phi) is 10.1. The third kappa shape index (κ3) is 7.11. The summed E-state index contributed by atoms with van der Waals surface area (Å²) < 4.78 is 21.4. The highest BCUT2D eigenvalue weighted by molar-refractivity contribution is 5.80. The van der Waals surface area contributed by atoms with Crippen molar-refractivity contribution in [1.82, 2.24) is 15.5 Å². The zero-order valence-corrected chi connectivity index (χ0v) is 19.3. The molecule has 1 saturated heterocycles. The molecule has 0 aliphatic carbocycles. The van der Waals surface area contributed by atoms with E-state index in [1.54, 1.807) is 26.2 Å². The lowest BCUT2D eigenvalue weighted by Crippen LogP contribution is -2.50. The van der Waals surface area contributed by atoms with Gasteiger partial charge in [-0.15, -0.1) is 0 Å². The topological polar surface area (TPSA) is 93.7 Å². The van der Waals surface area contributed by atoms with Crippen molar-refractivity contribution in [2.24, 2.45) is 4.99 Å². The van der Waals surface area contributed by atoms with Crippen molar-refractivity contribution in [1.29, 1.82) is 0 Å². The lowest BCUT2D eigenvalue weighted by molar-refractivity contribution is 0.0963. The number of nitrogens with one attached hydrogen (secondary N) is 2. The second-order valence-corrected chi connectivity index (χ2v) is 7.13. The van der Waals surface area contributed by atoms with E-state index in [9.17, 15) is 4.79 Å². The standard InChI is InChI=1S/C22H36N4O5/c1-6-23-21(25-16-9-12-26(13-10-16)22(27)31-7-2)24-11-8-18-19(29-4)14-17(28-3)15-20(18)30-5/h14-16H,6-13H2,1-5H3,(H2,23,24,25). The van der Waals surface area contributed by atoms with Gasteiger partial charge in [0.1, 0.15) is 17.2 Å². The van der Waals surface area contributed by atoms with Crippen LogP contribution in [-0.4, -0.2) is 77.1 Å². The van der Waals surface area contributed by atoms with Crippen LogP contribution in [0.5, 0.6) is 17.2 Å². The van der Waals surface area contributed by atoms with E-state index in [4.69, 9.17) is 23.9 Å². The van der Waals surface area contributed by atoms with Gasteiger partial charge in [0, 0.05) is 49.9 Å². The molecule has 1 aliphatic heterocycles. The largest absolute Gasteiger partial charge is 0.496 e. The summed E-state index contributed by atoms with van der Waals surface area (Å²) in [5.41, 5.74) is 0.952. The van der Waals surface area contributed by atoms with Gasteiger partial charge >= 0.3 is 6.09 Å². The van der Waals surface area contributed by atoms with Crippen LogP contribution in [0.4, 0.5) is 4.79 Å². The molecule has 174 valence electrons. The van der Waals surface area contributed by atoms with Crippen molar-refractivity contribution in [2.45, 2.75) is 39.2 Å². The summed E-state index contributed by atoms with van der Waals surface area (Å²) in [6.45, 7) is 6.95. The van der Waals surface area contributed by atoms with Crippen molar-refractivity contribution in [3.63, 3.8) is 0 Å². The fourth-order valence-corrected chi connectivity index (χ4v) is 3.54. The van der Waals surface area contributed by atoms with Gasteiger partial charge in [0.2, 0.25) is 0 Å². The molecule has 0 spiro atoms. The highest BCUT2D eigenvalue weighted by atomic mass is 16.6. The van der Waals surface area contributed by atoms with E-state index in [0.717, 1.165) is 42.4 Å². The number of hydrogen-bond acceptors (Lipinski definition) is 6. The predicted molar refractivity (Wildman–Crippen MR) is 121 cm³/mol. The first-order valence-electron chi connectivity index (χ1n) is 10.8. The average Bonchev–Trinajstić information content (AvgIpc) is 2.79. The Morgan fingerprint density at radius 2 is 1.74 bits per heavy atom. The molecule has 0 atom stereocenters. The molecule has 2 N–H and O–H groups in total. The van der Waals surface area contributed by atoms with E-state index >= 15 is 0 Å². The summed E-state index contributed by atoms with van der Waals surface area (Å²) in [6, 6.07) is 3.96. The minimum absolute atomic E-state index is 0.232. The Morgan fingerprint density at radius 1 is 1.10 bits per heavy atom. The monoisotopic (exact) mass is 436 g/mol. The van der Waals surface area contributed by atoms with Gasteiger partial charge in [0.15, 0.2) is 5.96 Å². The normalized spacial score (nSPS) is 14.7. The summed E-state index contributed by atoms with van der Waals surface area (Å²) in [7, 11) is 4.88. The van der Waals surface area contributed by atoms with Crippen LogP contribution in [0.2, 0.25) is 0 Å². The number of piperidine rings is 1. The number of guanidine groups is 1. The summed E-state index contributed by atoms with van der Waals surface area (Å²) in [6.07, 6.45) is 2.13. The van der Waals surface area contributed by atoms with Crippen LogP contribution in [-0.2, 0) is 11.2 Å². The number of benzene rings is 1. The van der Waals surface area contributed by atoms with E-state index in [1.807, 2.05) is 26.0 Å². The van der Waals surface area contributed by atoms with Gasteiger partial charge in [-0.1, -0.05) is 0 Å². The maximum Gasteiger partial charge on any atom is 0.409 e. The molecule has 1 heterocycles. The number of carbonyl (C=O) groups is 1. The molecular formula is C22H36N4O5. The molecule has 0 aromatic heterocycles. The summed E-state index contributed by atoms with van der Waals surface area (Å²) in [5.74, 6) is 2.89. The van der Waals surface area contributed by atoms with Crippen LogP contribution >= 0.6 is 0 Å². The van der Waals surface area contributed by atoms with Gasteiger partial charge in [-0.05, 0) is 33.1 Å². The van der Waals surface area contributed by atoms with Gasteiger partial charge in [-0.3, -0.25) is 4.99 Å². The zero-order chi connectivity index (χ0) is 22.6. The third-order valence-corrected chi connectivity index (χ3v) is 5.15. The van der Waals surface area contributed by atoms with Crippen molar-refractivity contribution < 1.29 is 23.7 Å². The number of carbonyl (C=O) groups excluding carboxylic acids is 1. The first kappa shape index (κ1) is 24.4. The quantitative estimate of drug-likeness (QED) is 0.454. The van der Waals surface area contributed by atoms with Crippen LogP contribution in [0.1, 0.15) is 32.3 Å². The molecule has 1 aromatic rings. The summed E-state index contributed by atoms with van der Waals surface area (Å²) in [4.78, 5) is 18.4. The lowest BCUT2D eigenvalue weighted by Gasteiger charge is -2.32. The minimum atomic E-state index is -0.232. The van der Waals surface area contributed by atoms with E-state index in [-0.39, 0.29) is 12.1 Å². The second kappa shape index (κ2) is 12.8. The maximum absolute atomic E-state index is 11.9. The Balaban J connectivity index is 1.97. The number of likely N-dealkylation sites (tertiary alicyclic amines) is 1. The van der Waals surface area contributed by atoms with Gasteiger partial charge < -0.3 is 34.5 Å². The molecule has 2 rings (SSSR count). The number of nitrogens with zero attached hydrogens (tertiary/aromatic N) is 2. The van der Waals surface area contributed by atoms with E-state index in [0.29, 0.717) is 38.4 Å². The summed E-state index contributed by atoms with van der Waals surface area (Å²) in [5, 5.41) is 6.78. The van der Waals surface area contributed by atoms with Gasteiger partial charge in [-0.2, -0.15) is 0 Å². The maximum atomic E-state index is 11.9. The number of aliphatic imine (C=N–C) groups is 1. The van der Waals surface area contributed by atoms with Crippen LogP contribution in [0.3, 0.4) is 0 Å². The molecule has 0 radical (unpaired) electrons. The number of hydrogen-bond donors (Lipinski definition) is 2. The number of methoxy groups -OCH3 is 3. The zero-order valence-electron chi connectivity index (χ0n) is 19.3. The smallest absolute Gasteiger partial charge is 0.409 e. The first-order chi connectivity index (χ1) is 15.1. The molecule has 1 aliphatic rings. The molecular weight excluding hydrogens is 400 g/mol. The van der Waals surface area contributed by atoms with Crippen molar-refractivity contribution >= 4 is 12.1 Å². The molecule has 0 saturated carbocycles. The van der Waals surface area contributed by atoms with Crippen LogP contribution in [0.25, 0.3) is 0 Å². The lowest BCUT2D eigenvalue weighted by atomic mass is 10.1. The Labute approximate surface area is 185 Å². The number of rotatable bonds is 9. The van der Waals surface area contributed by atoms with Crippen molar-refractivity contribution in [2.75, 3.05) is 54.1 Å². The Morgan fingerprint density at radius 3 is 2.26 bits per heavy atom. The van der Waals surface area contributed by atoms with Crippen molar-refractivity contribution in [3.05, 3.63) is 17.7 Å². The number of ether oxygens (including phenoxy) is 4. The van der Waals surface area contributed by atoms with Gasteiger partial charge in [-0.25, -0.2) is 4.79 Å². The molecule has 0 bridgehead atoms. The highest BCUT2D eigenvalue weighted by Gasteiger charge is 2.24. The SMILES string of the molecule is CCNC(=NCCc1c(OC)cc(OC)cc1OC)NC1CCN(C(=O)OCC)CC1. The second-order valence-electron chi connectivity index (χ2n) is 7.13. The molecule has 9 heteroatoms. The summed E-state index contributed by atoms with van der Waals surface area (Å²) >= 11 is 0. The highest BCUT2D eigenvalue weighted by Crippen LogP contribution is 2.34. The van der Waals surface area contributed by atoms with Gasteiger partial charge in [0.05, 0.1) is 27.9 Å². The molecule has 9 nitrogen and oxygen atoms in total. The van der Waals surface area contributed by atoms with Gasteiger partial charge in [0.25, 0.3) is 0 Å². The van der Waals surface area contributed by atoms with Crippen LogP contribution < -0.4 is 24.8 Å². The number of amides is 1. The Bertz CT molecular complexity index is 708. The average molecular weight is 437 g/mol. The fraction of sp³-hybridized carbons (Fsp3) is 0.636. The minimum Gasteiger partial charge on any atom is -0.496 e. The van der Waals surface area contributed by atoms with Crippen molar-refractivity contribution in [3.8, 4) is 17.2 Å². The van der Waals surface area contributed by atoms with Crippen LogP contribution in [0, 0.1) is 0 Å². The molecule has 1 amide bonds. The third-order valence-electron chi connectivity index (χ3n) is 5.15. The van der Waals surface area contributed by atoms with Crippen LogP contribution in [0.15, 0.2) is 17.1 Å².